The van der Waals surface area contributed by atoms with Crippen molar-refractivity contribution in [2.24, 2.45) is 7.05 Å². The molecule has 0 saturated carbocycles. The van der Waals surface area contributed by atoms with Gasteiger partial charge in [-0.05, 0) is 37.9 Å². The Morgan fingerprint density at radius 1 is 1.30 bits per heavy atom. The van der Waals surface area contributed by atoms with E-state index in [2.05, 4.69) is 15.3 Å². The summed E-state index contributed by atoms with van der Waals surface area (Å²) < 4.78 is 28.8. The van der Waals surface area contributed by atoms with Crippen LogP contribution in [0.2, 0.25) is 0 Å². The fourth-order valence-electron chi connectivity index (χ4n) is 3.79. The maximum atomic E-state index is 14.2. The quantitative estimate of drug-likeness (QED) is 0.698. The van der Waals surface area contributed by atoms with Gasteiger partial charge < -0.3 is 10.2 Å². The van der Waals surface area contributed by atoms with Crippen LogP contribution in [0.1, 0.15) is 29.6 Å². The van der Waals surface area contributed by atoms with Gasteiger partial charge in [-0.15, -0.1) is 0 Å². The number of aryl methyl sites for hydroxylation is 1. The first-order valence-corrected chi connectivity index (χ1v) is 10.0. The highest BCUT2D eigenvalue weighted by atomic mass is 19.1. The molecule has 9 heteroatoms. The van der Waals surface area contributed by atoms with Gasteiger partial charge >= 0.3 is 0 Å². The zero-order chi connectivity index (χ0) is 21.8. The maximum Gasteiger partial charge on any atom is 0.255 e. The van der Waals surface area contributed by atoms with Crippen molar-refractivity contribution in [3.05, 3.63) is 41.6 Å². The molecule has 2 amide bonds. The SMILES string of the molecule is CN(C)C(=O)C1CCCN1CCCNC(=O)c1cn(C)nc1-c1ccc(F)cc1F. The second-order valence-electron chi connectivity index (χ2n) is 7.73. The highest BCUT2D eigenvalue weighted by molar-refractivity contribution is 5.99. The number of rotatable bonds is 7. The number of nitrogens with one attached hydrogen (secondary N) is 1. The van der Waals surface area contributed by atoms with Gasteiger partial charge in [-0.3, -0.25) is 19.2 Å². The van der Waals surface area contributed by atoms with E-state index >= 15 is 0 Å². The first-order valence-electron chi connectivity index (χ1n) is 10.0. The summed E-state index contributed by atoms with van der Waals surface area (Å²) >= 11 is 0. The molecule has 1 aliphatic rings. The smallest absolute Gasteiger partial charge is 0.255 e. The molecule has 1 fully saturated rings. The summed E-state index contributed by atoms with van der Waals surface area (Å²) in [7, 11) is 5.15. The van der Waals surface area contributed by atoms with Crippen molar-refractivity contribution in [2.75, 3.05) is 33.7 Å². The molecule has 1 N–H and O–H groups in total. The molecule has 0 bridgehead atoms. The van der Waals surface area contributed by atoms with E-state index in [9.17, 15) is 18.4 Å². The van der Waals surface area contributed by atoms with Crippen LogP contribution in [0.3, 0.4) is 0 Å². The molecule has 2 heterocycles. The van der Waals surface area contributed by atoms with Crippen molar-refractivity contribution in [1.82, 2.24) is 24.9 Å². The molecular formula is C21H27F2N5O2. The highest BCUT2D eigenvalue weighted by Crippen LogP contribution is 2.25. The summed E-state index contributed by atoms with van der Waals surface area (Å²) in [4.78, 5) is 28.7. The van der Waals surface area contributed by atoms with Crippen LogP contribution in [-0.4, -0.2) is 71.2 Å². The van der Waals surface area contributed by atoms with E-state index < -0.39 is 11.6 Å². The lowest BCUT2D eigenvalue weighted by molar-refractivity contribution is -0.133. The largest absolute Gasteiger partial charge is 0.352 e. The van der Waals surface area contributed by atoms with Crippen LogP contribution in [-0.2, 0) is 11.8 Å². The van der Waals surface area contributed by atoms with E-state index in [0.717, 1.165) is 31.5 Å². The molecule has 7 nitrogen and oxygen atoms in total. The van der Waals surface area contributed by atoms with Gasteiger partial charge in [-0.25, -0.2) is 8.78 Å². The second kappa shape index (κ2) is 9.34. The number of aromatic nitrogens is 2. The van der Waals surface area contributed by atoms with Gasteiger partial charge in [0.2, 0.25) is 5.91 Å². The number of amides is 2. The zero-order valence-corrected chi connectivity index (χ0v) is 17.5. The van der Waals surface area contributed by atoms with E-state index in [0.29, 0.717) is 19.5 Å². The Hall–Kier alpha value is -2.81. The number of likely N-dealkylation sites (N-methyl/N-ethyl adjacent to an activating group) is 1. The third kappa shape index (κ3) is 4.84. The fourth-order valence-corrected chi connectivity index (χ4v) is 3.79. The molecule has 1 aliphatic heterocycles. The molecule has 162 valence electrons. The predicted octanol–water partition coefficient (Wildman–Crippen LogP) is 2.04. The normalized spacial score (nSPS) is 16.6. The maximum absolute atomic E-state index is 14.2. The Bertz CT molecular complexity index is 928. The van der Waals surface area contributed by atoms with Crippen molar-refractivity contribution >= 4 is 11.8 Å². The first kappa shape index (κ1) is 21.9. The summed E-state index contributed by atoms with van der Waals surface area (Å²) in [6.45, 7) is 1.99. The summed E-state index contributed by atoms with van der Waals surface area (Å²) in [5, 5.41) is 7.01. The summed E-state index contributed by atoms with van der Waals surface area (Å²) in [5.74, 6) is -1.72. The molecule has 1 saturated heterocycles. The van der Waals surface area contributed by atoms with Crippen molar-refractivity contribution in [3.63, 3.8) is 0 Å². The van der Waals surface area contributed by atoms with Gasteiger partial charge in [-0.2, -0.15) is 5.10 Å². The lowest BCUT2D eigenvalue weighted by Crippen LogP contribution is -2.43. The Kier molecular flexibility index (Phi) is 6.81. The van der Waals surface area contributed by atoms with Crippen molar-refractivity contribution < 1.29 is 18.4 Å². The molecule has 1 unspecified atom stereocenters. The fraction of sp³-hybridized carbons (Fsp3) is 0.476. The minimum atomic E-state index is -0.770. The molecule has 0 aliphatic carbocycles. The summed E-state index contributed by atoms with van der Waals surface area (Å²) in [6, 6.07) is 3.09. The van der Waals surface area contributed by atoms with Crippen LogP contribution in [0.5, 0.6) is 0 Å². The van der Waals surface area contributed by atoms with Crippen molar-refractivity contribution in [1.29, 1.82) is 0 Å². The number of carbonyl (C=O) groups excluding carboxylic acids is 2. The van der Waals surface area contributed by atoms with E-state index in [1.54, 1.807) is 26.0 Å². The van der Waals surface area contributed by atoms with Gasteiger partial charge in [0.05, 0.1) is 11.6 Å². The standard InChI is InChI=1S/C21H27F2N5O2/c1-26(2)21(30)18-6-4-10-28(18)11-5-9-24-20(29)16-13-27(3)25-19(16)15-8-7-14(22)12-17(15)23/h7-8,12-13,18H,4-6,9-11H2,1-3H3,(H,24,29). The van der Waals surface area contributed by atoms with Crippen LogP contribution in [0.25, 0.3) is 11.3 Å². The molecule has 0 spiro atoms. The van der Waals surface area contributed by atoms with Crippen LogP contribution >= 0.6 is 0 Å². The van der Waals surface area contributed by atoms with Gasteiger partial charge in [0.15, 0.2) is 0 Å². The molecule has 1 atom stereocenters. The summed E-state index contributed by atoms with van der Waals surface area (Å²) in [6.07, 6.45) is 4.04. The minimum Gasteiger partial charge on any atom is -0.352 e. The van der Waals surface area contributed by atoms with Crippen LogP contribution < -0.4 is 5.32 Å². The molecular weight excluding hydrogens is 392 g/mol. The number of benzene rings is 1. The number of halogens is 2. The average Bonchev–Trinajstić information content (AvgIpc) is 3.31. The zero-order valence-electron chi connectivity index (χ0n) is 17.5. The van der Waals surface area contributed by atoms with Gasteiger partial charge in [0, 0.05) is 52.1 Å². The van der Waals surface area contributed by atoms with Crippen molar-refractivity contribution in [2.45, 2.75) is 25.3 Å². The second-order valence-corrected chi connectivity index (χ2v) is 7.73. The molecule has 2 aromatic rings. The van der Waals surface area contributed by atoms with E-state index in [1.807, 2.05) is 0 Å². The number of hydrogen-bond donors (Lipinski definition) is 1. The van der Waals surface area contributed by atoms with Crippen LogP contribution in [0.4, 0.5) is 8.78 Å². The van der Waals surface area contributed by atoms with Gasteiger partial charge in [0.25, 0.3) is 5.91 Å². The van der Waals surface area contributed by atoms with Gasteiger partial charge in [-0.1, -0.05) is 0 Å². The van der Waals surface area contributed by atoms with Crippen LogP contribution in [0.15, 0.2) is 24.4 Å². The lowest BCUT2D eigenvalue weighted by atomic mass is 10.1. The predicted molar refractivity (Wildman–Crippen MR) is 109 cm³/mol. The topological polar surface area (TPSA) is 70.5 Å². The average molecular weight is 419 g/mol. The minimum absolute atomic E-state index is 0.0734. The van der Waals surface area contributed by atoms with E-state index in [1.165, 1.54) is 16.9 Å². The molecule has 1 aromatic heterocycles. The number of likely N-dealkylation sites (tertiary alicyclic amines) is 1. The molecule has 30 heavy (non-hydrogen) atoms. The number of carbonyl (C=O) groups is 2. The van der Waals surface area contributed by atoms with Gasteiger partial charge in [0.1, 0.15) is 17.3 Å². The number of nitrogens with zero attached hydrogens (tertiary/aromatic N) is 4. The highest BCUT2D eigenvalue weighted by Gasteiger charge is 2.31. The van der Waals surface area contributed by atoms with Crippen molar-refractivity contribution in [3.8, 4) is 11.3 Å². The summed E-state index contributed by atoms with van der Waals surface area (Å²) in [5.41, 5.74) is 0.470. The Balaban J connectivity index is 1.59. The molecule has 3 rings (SSSR count). The first-order chi connectivity index (χ1) is 14.3. The molecule has 1 aromatic carbocycles. The third-order valence-corrected chi connectivity index (χ3v) is 5.26. The monoisotopic (exact) mass is 419 g/mol. The Morgan fingerprint density at radius 3 is 2.77 bits per heavy atom. The molecule has 0 radical (unpaired) electrons. The Morgan fingerprint density at radius 2 is 2.07 bits per heavy atom. The third-order valence-electron chi connectivity index (χ3n) is 5.26. The lowest BCUT2D eigenvalue weighted by Gasteiger charge is -2.26. The number of hydrogen-bond acceptors (Lipinski definition) is 4. The Labute approximate surface area is 174 Å². The van der Waals surface area contributed by atoms with E-state index in [4.69, 9.17) is 0 Å². The van der Waals surface area contributed by atoms with E-state index in [-0.39, 0.29) is 34.7 Å². The van der Waals surface area contributed by atoms with Crippen LogP contribution in [0, 0.1) is 11.6 Å².